The van der Waals surface area contributed by atoms with Crippen LogP contribution in [-0.2, 0) is 4.79 Å². The number of anilines is 1. The Balaban J connectivity index is 1.45. The van der Waals surface area contributed by atoms with Gasteiger partial charge in [-0.05, 0) is 62.1 Å². The minimum atomic E-state index is -1.05. The number of hydrogen-bond donors (Lipinski definition) is 1. The molecule has 1 N–H and O–H groups in total. The van der Waals surface area contributed by atoms with E-state index in [1.807, 2.05) is 73.7 Å². The van der Waals surface area contributed by atoms with Crippen LogP contribution in [0, 0.1) is 6.92 Å². The summed E-state index contributed by atoms with van der Waals surface area (Å²) in [6, 6.07) is 27.3. The highest BCUT2D eigenvalue weighted by molar-refractivity contribution is 5.99. The second kappa shape index (κ2) is 8.06. The zero-order valence-corrected chi connectivity index (χ0v) is 18.7. The topological polar surface area (TPSA) is 69.0 Å². The molecule has 5 rings (SSSR count). The minimum absolute atomic E-state index is 0.241. The molecular weight excluding hydrogens is 412 g/mol. The molecule has 0 fully saturated rings. The number of carbonyl (C=O) groups excluding carboxylic acids is 1. The van der Waals surface area contributed by atoms with Gasteiger partial charge in [0.15, 0.2) is 5.60 Å². The molecule has 1 aromatic heterocycles. The van der Waals surface area contributed by atoms with Gasteiger partial charge in [-0.25, -0.2) is 0 Å². The zero-order chi connectivity index (χ0) is 23.0. The van der Waals surface area contributed by atoms with E-state index in [0.29, 0.717) is 17.0 Å². The molecule has 6 heteroatoms. The lowest BCUT2D eigenvalue weighted by Gasteiger charge is -2.25. The van der Waals surface area contributed by atoms with E-state index in [1.54, 1.807) is 18.6 Å². The van der Waals surface area contributed by atoms with Crippen LogP contribution in [0.4, 0.5) is 5.69 Å². The van der Waals surface area contributed by atoms with Crippen molar-refractivity contribution >= 4 is 33.4 Å². The molecule has 1 heterocycles. The largest absolute Gasteiger partial charge is 0.478 e. The first kappa shape index (κ1) is 20.7. The van der Waals surface area contributed by atoms with Gasteiger partial charge in [0, 0.05) is 11.1 Å². The van der Waals surface area contributed by atoms with Crippen LogP contribution >= 0.6 is 0 Å². The fraction of sp³-hybridized carbons (Fsp3) is 0.148. The van der Waals surface area contributed by atoms with E-state index in [4.69, 9.17) is 9.84 Å². The van der Waals surface area contributed by atoms with E-state index in [0.717, 1.165) is 27.5 Å². The van der Waals surface area contributed by atoms with E-state index in [9.17, 15) is 4.79 Å². The number of amides is 1. The first-order chi connectivity index (χ1) is 15.9. The molecule has 0 saturated carbocycles. The van der Waals surface area contributed by atoms with Crippen molar-refractivity contribution in [3.63, 3.8) is 0 Å². The lowest BCUT2D eigenvalue weighted by molar-refractivity contribution is -0.128. The van der Waals surface area contributed by atoms with Crippen LogP contribution in [0.15, 0.2) is 84.9 Å². The molecule has 0 saturated heterocycles. The van der Waals surface area contributed by atoms with Crippen LogP contribution in [0.25, 0.3) is 27.5 Å². The number of aryl methyl sites for hydroxylation is 1. The number of rotatable bonds is 5. The van der Waals surface area contributed by atoms with Gasteiger partial charge in [-0.3, -0.25) is 4.79 Å². The maximum atomic E-state index is 13.0. The molecule has 0 spiro atoms. The molecule has 33 heavy (non-hydrogen) atoms. The van der Waals surface area contributed by atoms with Gasteiger partial charge in [0.05, 0.1) is 5.69 Å². The number of aromatic nitrogens is 3. The minimum Gasteiger partial charge on any atom is -0.478 e. The molecule has 0 radical (unpaired) electrons. The molecule has 0 aliphatic carbocycles. The third kappa shape index (κ3) is 4.03. The van der Waals surface area contributed by atoms with Crippen molar-refractivity contribution in [1.29, 1.82) is 0 Å². The Hall–Kier alpha value is -4.19. The first-order valence-corrected chi connectivity index (χ1v) is 10.8. The Kier molecular flexibility index (Phi) is 5.05. The van der Waals surface area contributed by atoms with Crippen LogP contribution < -0.4 is 10.1 Å². The predicted molar refractivity (Wildman–Crippen MR) is 131 cm³/mol. The van der Waals surface area contributed by atoms with Crippen LogP contribution in [-0.4, -0.2) is 26.5 Å². The lowest BCUT2D eigenvalue weighted by atomic mass is 10.1. The standard InChI is InChI=1S/C27H24N4O2/c1-18-16-23-24(30-31(29-23)25-15-9-11-19-10-7-8-14-21(19)25)17-22(18)28-26(32)27(2,3)33-20-12-5-4-6-13-20/h4-17H,1-3H3,(H,28,32). The smallest absolute Gasteiger partial charge is 0.267 e. The molecule has 4 aromatic carbocycles. The fourth-order valence-corrected chi connectivity index (χ4v) is 3.80. The number of ether oxygens (including phenoxy) is 1. The summed E-state index contributed by atoms with van der Waals surface area (Å²) in [7, 11) is 0. The summed E-state index contributed by atoms with van der Waals surface area (Å²) in [5, 5.41) is 14.6. The summed E-state index contributed by atoms with van der Waals surface area (Å²) >= 11 is 0. The number of benzene rings is 4. The SMILES string of the molecule is Cc1cc2nn(-c3cccc4ccccc34)nc2cc1NC(=O)C(C)(C)Oc1ccccc1. The van der Waals surface area contributed by atoms with Gasteiger partial charge in [-0.15, -0.1) is 15.0 Å². The summed E-state index contributed by atoms with van der Waals surface area (Å²) in [5.41, 5.74) is 2.90. The van der Waals surface area contributed by atoms with E-state index in [2.05, 4.69) is 28.6 Å². The fourth-order valence-electron chi connectivity index (χ4n) is 3.80. The highest BCUT2D eigenvalue weighted by Crippen LogP contribution is 2.26. The molecular formula is C27H24N4O2. The second-order valence-corrected chi connectivity index (χ2v) is 8.52. The van der Waals surface area contributed by atoms with Crippen LogP contribution in [0.1, 0.15) is 19.4 Å². The van der Waals surface area contributed by atoms with Gasteiger partial charge >= 0.3 is 0 Å². The second-order valence-electron chi connectivity index (χ2n) is 8.52. The quantitative estimate of drug-likeness (QED) is 0.385. The number of para-hydroxylation sites is 1. The number of nitrogens with zero attached hydrogens (tertiary/aromatic N) is 3. The third-order valence-corrected chi connectivity index (χ3v) is 5.62. The number of carbonyl (C=O) groups is 1. The van der Waals surface area contributed by atoms with E-state index < -0.39 is 5.60 Å². The Bertz CT molecular complexity index is 1470. The Labute approximate surface area is 191 Å². The Morgan fingerprint density at radius 2 is 1.55 bits per heavy atom. The van der Waals surface area contributed by atoms with E-state index in [1.165, 1.54) is 0 Å². The van der Waals surface area contributed by atoms with E-state index >= 15 is 0 Å². The molecule has 0 aliphatic rings. The summed E-state index contributed by atoms with van der Waals surface area (Å²) in [6.07, 6.45) is 0. The van der Waals surface area contributed by atoms with Crippen molar-refractivity contribution in [2.45, 2.75) is 26.4 Å². The van der Waals surface area contributed by atoms with Crippen molar-refractivity contribution in [3.05, 3.63) is 90.5 Å². The van der Waals surface area contributed by atoms with Crippen LogP contribution in [0.5, 0.6) is 5.75 Å². The maximum Gasteiger partial charge on any atom is 0.267 e. The molecule has 1 amide bonds. The van der Waals surface area contributed by atoms with Crippen molar-refractivity contribution in [2.24, 2.45) is 0 Å². The maximum absolute atomic E-state index is 13.0. The number of hydrogen-bond acceptors (Lipinski definition) is 4. The van der Waals surface area contributed by atoms with Gasteiger partial charge in [-0.2, -0.15) is 0 Å². The van der Waals surface area contributed by atoms with Gasteiger partial charge in [0.1, 0.15) is 16.8 Å². The zero-order valence-electron chi connectivity index (χ0n) is 18.7. The van der Waals surface area contributed by atoms with E-state index in [-0.39, 0.29) is 5.91 Å². The normalized spacial score (nSPS) is 11.6. The summed E-state index contributed by atoms with van der Waals surface area (Å²) in [4.78, 5) is 14.7. The van der Waals surface area contributed by atoms with Gasteiger partial charge in [0.2, 0.25) is 0 Å². The summed E-state index contributed by atoms with van der Waals surface area (Å²) in [6.45, 7) is 5.44. The van der Waals surface area contributed by atoms with Crippen molar-refractivity contribution < 1.29 is 9.53 Å². The Morgan fingerprint density at radius 1 is 0.879 bits per heavy atom. The summed E-state index contributed by atoms with van der Waals surface area (Å²) < 4.78 is 5.92. The highest BCUT2D eigenvalue weighted by atomic mass is 16.5. The molecule has 6 nitrogen and oxygen atoms in total. The van der Waals surface area contributed by atoms with Gasteiger partial charge in [-0.1, -0.05) is 54.6 Å². The molecule has 0 unspecified atom stereocenters. The Morgan fingerprint density at radius 3 is 2.33 bits per heavy atom. The molecule has 0 bridgehead atoms. The molecule has 5 aromatic rings. The van der Waals surface area contributed by atoms with Crippen molar-refractivity contribution in [2.75, 3.05) is 5.32 Å². The van der Waals surface area contributed by atoms with Gasteiger partial charge in [0.25, 0.3) is 5.91 Å². The third-order valence-electron chi connectivity index (χ3n) is 5.62. The predicted octanol–water partition coefficient (Wildman–Crippen LogP) is 5.68. The lowest BCUT2D eigenvalue weighted by Crippen LogP contribution is -2.42. The van der Waals surface area contributed by atoms with Crippen LogP contribution in [0.3, 0.4) is 0 Å². The summed E-state index contributed by atoms with van der Waals surface area (Å²) in [5.74, 6) is 0.401. The highest BCUT2D eigenvalue weighted by Gasteiger charge is 2.30. The molecule has 0 atom stereocenters. The number of fused-ring (bicyclic) bond motifs is 2. The molecule has 0 aliphatic heterocycles. The van der Waals surface area contributed by atoms with Gasteiger partial charge < -0.3 is 10.1 Å². The average molecular weight is 437 g/mol. The van der Waals surface area contributed by atoms with Crippen molar-refractivity contribution in [1.82, 2.24) is 15.0 Å². The van der Waals surface area contributed by atoms with Crippen molar-refractivity contribution in [3.8, 4) is 11.4 Å². The number of nitrogens with one attached hydrogen (secondary N) is 1. The molecule has 164 valence electrons. The average Bonchev–Trinajstić information content (AvgIpc) is 3.21. The monoisotopic (exact) mass is 436 g/mol. The first-order valence-electron chi connectivity index (χ1n) is 10.8. The van der Waals surface area contributed by atoms with Crippen LogP contribution in [0.2, 0.25) is 0 Å².